The largest absolute Gasteiger partial charge is 0.378 e. The first-order valence-corrected chi connectivity index (χ1v) is 7.47. The lowest BCUT2D eigenvalue weighted by Crippen LogP contribution is -2.27. The first-order chi connectivity index (χ1) is 10.2. The second-order valence-electron chi connectivity index (χ2n) is 5.54. The van der Waals surface area contributed by atoms with Crippen molar-refractivity contribution in [2.45, 2.75) is 25.0 Å². The van der Waals surface area contributed by atoms with E-state index >= 15 is 0 Å². The van der Waals surface area contributed by atoms with Crippen molar-refractivity contribution in [2.75, 3.05) is 0 Å². The second-order valence-corrected chi connectivity index (χ2v) is 6.41. The number of rotatable bonds is 2. The van der Waals surface area contributed by atoms with Gasteiger partial charge in [0, 0.05) is 21.2 Å². The van der Waals surface area contributed by atoms with Crippen LogP contribution in [0.25, 0.3) is 0 Å². The molecule has 0 fully saturated rings. The number of benzene rings is 2. The summed E-state index contributed by atoms with van der Waals surface area (Å²) < 4.78 is 0. The molecule has 0 aliphatic carbocycles. The predicted octanol–water partition coefficient (Wildman–Crippen LogP) is 4.00. The summed E-state index contributed by atoms with van der Waals surface area (Å²) in [4.78, 5) is 0. The Morgan fingerprint density at radius 2 is 1.45 bits per heavy atom. The molecule has 1 atom stereocenters. The third-order valence-electron chi connectivity index (χ3n) is 3.05. The number of halogens is 2. The van der Waals surface area contributed by atoms with Crippen molar-refractivity contribution in [1.82, 2.24) is 0 Å². The maximum atomic E-state index is 11.1. The molecule has 22 heavy (non-hydrogen) atoms. The van der Waals surface area contributed by atoms with Crippen LogP contribution in [0.5, 0.6) is 0 Å². The number of aliphatic hydroxyl groups is 2. The predicted molar refractivity (Wildman–Crippen MR) is 90.0 cm³/mol. The summed E-state index contributed by atoms with van der Waals surface area (Å²) in [5.74, 6) is 5.44. The molecule has 2 rings (SSSR count). The molecule has 114 valence electrons. The van der Waals surface area contributed by atoms with Crippen LogP contribution in [-0.4, -0.2) is 15.8 Å². The highest BCUT2D eigenvalue weighted by Gasteiger charge is 2.30. The molecule has 2 nitrogen and oxygen atoms in total. The van der Waals surface area contributed by atoms with Gasteiger partial charge in [0.05, 0.1) is 0 Å². The molecule has 0 saturated heterocycles. The molecule has 4 heteroatoms. The fourth-order valence-corrected chi connectivity index (χ4v) is 2.28. The zero-order valence-electron chi connectivity index (χ0n) is 12.3. The molecule has 1 unspecified atom stereocenters. The van der Waals surface area contributed by atoms with Gasteiger partial charge in [0.15, 0.2) is 5.60 Å². The minimum Gasteiger partial charge on any atom is -0.378 e. The van der Waals surface area contributed by atoms with E-state index in [1.807, 2.05) is 0 Å². The summed E-state index contributed by atoms with van der Waals surface area (Å²) in [5, 5.41) is 22.0. The Labute approximate surface area is 140 Å². The maximum absolute atomic E-state index is 11.1. The molecule has 2 aromatic rings. The summed E-state index contributed by atoms with van der Waals surface area (Å²) in [6.45, 7) is 3.11. The topological polar surface area (TPSA) is 40.5 Å². The smallest absolute Gasteiger partial charge is 0.177 e. The van der Waals surface area contributed by atoms with Crippen LogP contribution < -0.4 is 0 Å². The van der Waals surface area contributed by atoms with E-state index < -0.39 is 11.2 Å². The Morgan fingerprint density at radius 1 is 0.818 bits per heavy atom. The van der Waals surface area contributed by atoms with E-state index in [1.54, 1.807) is 62.4 Å². The van der Waals surface area contributed by atoms with E-state index in [9.17, 15) is 10.2 Å². The molecular formula is C18H16Cl2O2. The van der Waals surface area contributed by atoms with Crippen LogP contribution in [0.1, 0.15) is 25.0 Å². The van der Waals surface area contributed by atoms with E-state index in [0.29, 0.717) is 21.2 Å². The van der Waals surface area contributed by atoms with Gasteiger partial charge in [0.1, 0.15) is 5.60 Å². The van der Waals surface area contributed by atoms with Crippen LogP contribution in [0.2, 0.25) is 10.0 Å². The van der Waals surface area contributed by atoms with Crippen LogP contribution >= 0.6 is 23.2 Å². The number of hydrogen-bond acceptors (Lipinski definition) is 2. The third kappa shape index (κ3) is 4.03. The highest BCUT2D eigenvalue weighted by molar-refractivity contribution is 6.30. The average Bonchev–Trinajstić information content (AvgIpc) is 2.45. The standard InChI is InChI=1S/C18H16Cl2O2/c1-17(2,21)10-11-18(22,13-6-8-15(19)9-7-13)14-4-3-5-16(20)12-14/h3-9,12,21-22H,1-2H3. The molecule has 0 bridgehead atoms. The summed E-state index contributed by atoms with van der Waals surface area (Å²) in [5.41, 5.74) is -1.73. The van der Waals surface area contributed by atoms with Gasteiger partial charge in [-0.1, -0.05) is 59.3 Å². The normalized spacial score (nSPS) is 13.9. The zero-order chi connectivity index (χ0) is 16.4. The molecule has 0 radical (unpaired) electrons. The van der Waals surface area contributed by atoms with Gasteiger partial charge in [-0.25, -0.2) is 0 Å². The van der Waals surface area contributed by atoms with Gasteiger partial charge in [-0.2, -0.15) is 0 Å². The molecular weight excluding hydrogens is 319 g/mol. The molecule has 0 saturated carbocycles. The van der Waals surface area contributed by atoms with Crippen molar-refractivity contribution in [3.05, 3.63) is 69.7 Å². The van der Waals surface area contributed by atoms with E-state index in [1.165, 1.54) is 0 Å². The SMILES string of the molecule is CC(C)(O)C#CC(O)(c1ccc(Cl)cc1)c1cccc(Cl)c1. The van der Waals surface area contributed by atoms with Gasteiger partial charge >= 0.3 is 0 Å². The van der Waals surface area contributed by atoms with Crippen LogP contribution in [0, 0.1) is 11.8 Å². The van der Waals surface area contributed by atoms with Gasteiger partial charge in [0.2, 0.25) is 0 Å². The highest BCUT2D eigenvalue weighted by Crippen LogP contribution is 2.31. The molecule has 0 spiro atoms. The van der Waals surface area contributed by atoms with Crippen LogP contribution in [0.3, 0.4) is 0 Å². The molecule has 0 aromatic heterocycles. The molecule has 0 amide bonds. The minimum atomic E-state index is -1.59. The summed E-state index contributed by atoms with van der Waals surface area (Å²) in [6.07, 6.45) is 0. The zero-order valence-corrected chi connectivity index (χ0v) is 13.8. The summed E-state index contributed by atoms with van der Waals surface area (Å²) in [6, 6.07) is 13.6. The Kier molecular flexibility index (Phi) is 4.84. The van der Waals surface area contributed by atoms with Crippen molar-refractivity contribution in [2.24, 2.45) is 0 Å². The van der Waals surface area contributed by atoms with Gasteiger partial charge in [-0.3, -0.25) is 0 Å². The molecule has 0 aliphatic heterocycles. The van der Waals surface area contributed by atoms with Crippen LogP contribution in [0.15, 0.2) is 48.5 Å². The van der Waals surface area contributed by atoms with Gasteiger partial charge in [0.25, 0.3) is 0 Å². The van der Waals surface area contributed by atoms with Gasteiger partial charge in [-0.05, 0) is 38.1 Å². The first kappa shape index (κ1) is 16.9. The minimum absolute atomic E-state index is 0.495. The Balaban J connectivity index is 2.62. The van der Waals surface area contributed by atoms with Crippen molar-refractivity contribution in [3.63, 3.8) is 0 Å². The Bertz CT molecular complexity index is 721. The third-order valence-corrected chi connectivity index (χ3v) is 3.54. The van der Waals surface area contributed by atoms with E-state index in [2.05, 4.69) is 11.8 Å². The molecule has 0 heterocycles. The van der Waals surface area contributed by atoms with Crippen molar-refractivity contribution < 1.29 is 10.2 Å². The van der Waals surface area contributed by atoms with E-state index in [4.69, 9.17) is 23.2 Å². The van der Waals surface area contributed by atoms with Gasteiger partial charge < -0.3 is 10.2 Å². The summed E-state index contributed by atoms with van der Waals surface area (Å²) in [7, 11) is 0. The molecule has 2 aromatic carbocycles. The van der Waals surface area contributed by atoms with Gasteiger partial charge in [-0.15, -0.1) is 0 Å². The molecule has 0 aliphatic rings. The Morgan fingerprint density at radius 3 is 2.00 bits per heavy atom. The first-order valence-electron chi connectivity index (χ1n) is 6.72. The maximum Gasteiger partial charge on any atom is 0.177 e. The molecule has 2 N–H and O–H groups in total. The monoisotopic (exact) mass is 334 g/mol. The van der Waals surface area contributed by atoms with Crippen molar-refractivity contribution in [1.29, 1.82) is 0 Å². The van der Waals surface area contributed by atoms with Crippen molar-refractivity contribution in [3.8, 4) is 11.8 Å². The van der Waals surface area contributed by atoms with Crippen LogP contribution in [-0.2, 0) is 5.60 Å². The van der Waals surface area contributed by atoms with E-state index in [-0.39, 0.29) is 0 Å². The lowest BCUT2D eigenvalue weighted by Gasteiger charge is -2.24. The van der Waals surface area contributed by atoms with E-state index in [0.717, 1.165) is 0 Å². The second kappa shape index (κ2) is 6.32. The lowest BCUT2D eigenvalue weighted by atomic mass is 9.86. The lowest BCUT2D eigenvalue weighted by molar-refractivity contribution is 0.132. The number of hydrogen-bond donors (Lipinski definition) is 2. The average molecular weight is 335 g/mol. The van der Waals surface area contributed by atoms with Crippen molar-refractivity contribution >= 4 is 23.2 Å². The fraction of sp³-hybridized carbons (Fsp3) is 0.222. The fourth-order valence-electron chi connectivity index (χ4n) is 1.96. The summed E-state index contributed by atoms with van der Waals surface area (Å²) >= 11 is 11.9. The van der Waals surface area contributed by atoms with Crippen LogP contribution in [0.4, 0.5) is 0 Å². The highest BCUT2D eigenvalue weighted by atomic mass is 35.5. The quantitative estimate of drug-likeness (QED) is 0.815. The Hall–Kier alpha value is -1.50.